The molecule has 1 N–H and O–H groups in total. The van der Waals surface area contributed by atoms with Crippen LogP contribution in [-0.2, 0) is 10.5 Å². The number of amides is 1. The van der Waals surface area contributed by atoms with Crippen molar-refractivity contribution in [3.8, 4) is 5.69 Å². The number of hydrogen-bond donors (Lipinski definition) is 1. The highest BCUT2D eigenvalue weighted by Gasteiger charge is 2.12. The zero-order chi connectivity index (χ0) is 20.8. The Morgan fingerprint density at radius 1 is 1.14 bits per heavy atom. The van der Waals surface area contributed by atoms with E-state index in [2.05, 4.69) is 41.7 Å². The second kappa shape index (κ2) is 9.56. The number of nitrogens with one attached hydrogen (secondary N) is 1. The molecule has 0 radical (unpaired) electrons. The summed E-state index contributed by atoms with van der Waals surface area (Å²) >= 11 is 1.54. The molecule has 0 spiro atoms. The van der Waals surface area contributed by atoms with E-state index < -0.39 is 0 Å². The number of rotatable bonds is 7. The molecule has 0 bridgehead atoms. The number of nitrogens with zero attached hydrogens (tertiary/aromatic N) is 2. The number of halogens is 1. The van der Waals surface area contributed by atoms with Gasteiger partial charge in [-0.2, -0.15) is 5.10 Å². The summed E-state index contributed by atoms with van der Waals surface area (Å²) in [4.78, 5) is 12.0. The Kier molecular flexibility index (Phi) is 6.88. The lowest BCUT2D eigenvalue weighted by Crippen LogP contribution is -2.19. The van der Waals surface area contributed by atoms with Gasteiger partial charge in [0.25, 0.3) is 0 Å². The van der Waals surface area contributed by atoms with Crippen LogP contribution < -0.4 is 5.43 Å². The Balaban J connectivity index is 1.56. The fourth-order valence-corrected chi connectivity index (χ4v) is 3.85. The van der Waals surface area contributed by atoms with E-state index in [1.807, 2.05) is 24.5 Å². The van der Waals surface area contributed by atoms with Gasteiger partial charge in [0.1, 0.15) is 5.82 Å². The Morgan fingerprint density at radius 3 is 2.59 bits per heavy atom. The van der Waals surface area contributed by atoms with Crippen molar-refractivity contribution in [1.82, 2.24) is 9.99 Å². The number of hydrogen-bond acceptors (Lipinski definition) is 3. The van der Waals surface area contributed by atoms with Gasteiger partial charge in [0.05, 0.1) is 17.7 Å². The molecule has 1 heterocycles. The maximum Gasteiger partial charge on any atom is 0.250 e. The van der Waals surface area contributed by atoms with Gasteiger partial charge in [-0.15, -0.1) is 11.8 Å². The molecular weight excluding hydrogens is 385 g/mol. The van der Waals surface area contributed by atoms with Crippen LogP contribution in [0.15, 0.2) is 59.7 Å². The van der Waals surface area contributed by atoms with Crippen molar-refractivity contribution < 1.29 is 9.18 Å². The summed E-state index contributed by atoms with van der Waals surface area (Å²) < 4.78 is 16.0. The van der Waals surface area contributed by atoms with Gasteiger partial charge in [-0.25, -0.2) is 9.82 Å². The van der Waals surface area contributed by atoms with Crippen LogP contribution in [0.2, 0.25) is 0 Å². The quantitative estimate of drug-likeness (QED) is 0.444. The fraction of sp³-hybridized carbons (Fsp3) is 0.217. The molecule has 6 heteroatoms. The van der Waals surface area contributed by atoms with E-state index in [-0.39, 0.29) is 11.7 Å². The van der Waals surface area contributed by atoms with Gasteiger partial charge < -0.3 is 4.57 Å². The maximum atomic E-state index is 14.1. The molecule has 3 aromatic rings. The monoisotopic (exact) mass is 409 g/mol. The molecule has 0 saturated heterocycles. The minimum atomic E-state index is -0.281. The molecule has 1 amide bonds. The molecule has 0 aliphatic heterocycles. The summed E-state index contributed by atoms with van der Waals surface area (Å²) in [6, 6.07) is 16.9. The third-order valence-corrected chi connectivity index (χ3v) is 5.58. The van der Waals surface area contributed by atoms with E-state index in [1.165, 1.54) is 17.2 Å². The van der Waals surface area contributed by atoms with Crippen LogP contribution in [0.4, 0.5) is 4.39 Å². The molecule has 4 nitrogen and oxygen atoms in total. The predicted octanol–water partition coefficient (Wildman–Crippen LogP) is 4.93. The molecule has 29 heavy (non-hydrogen) atoms. The first-order valence-electron chi connectivity index (χ1n) is 9.34. The van der Waals surface area contributed by atoms with E-state index in [4.69, 9.17) is 0 Å². The van der Waals surface area contributed by atoms with Crippen molar-refractivity contribution in [2.24, 2.45) is 5.10 Å². The van der Waals surface area contributed by atoms with Gasteiger partial charge >= 0.3 is 0 Å². The summed E-state index contributed by atoms with van der Waals surface area (Å²) in [5, 5.41) is 4.07. The molecule has 2 aromatic carbocycles. The van der Waals surface area contributed by atoms with Crippen molar-refractivity contribution in [2.75, 3.05) is 5.75 Å². The van der Waals surface area contributed by atoms with Gasteiger partial charge in [0.15, 0.2) is 0 Å². The van der Waals surface area contributed by atoms with Crippen LogP contribution in [-0.4, -0.2) is 22.4 Å². The van der Waals surface area contributed by atoms with Crippen molar-refractivity contribution in [3.63, 3.8) is 0 Å². The summed E-state index contributed by atoms with van der Waals surface area (Å²) in [7, 11) is 0. The average Bonchev–Trinajstić information content (AvgIpc) is 2.97. The first-order chi connectivity index (χ1) is 14.0. The number of para-hydroxylation sites is 1. The first-order valence-corrected chi connectivity index (χ1v) is 10.5. The molecule has 0 atom stereocenters. The predicted molar refractivity (Wildman–Crippen MR) is 118 cm³/mol. The number of benzene rings is 2. The zero-order valence-corrected chi connectivity index (χ0v) is 17.6. The van der Waals surface area contributed by atoms with E-state index in [0.29, 0.717) is 11.4 Å². The molecule has 150 valence electrons. The van der Waals surface area contributed by atoms with Gasteiger partial charge in [-0.3, -0.25) is 4.79 Å². The van der Waals surface area contributed by atoms with Crippen LogP contribution in [0.1, 0.15) is 28.1 Å². The molecular formula is C23H24FN3OS. The second-order valence-corrected chi connectivity index (χ2v) is 7.87. The highest BCUT2D eigenvalue weighted by molar-refractivity contribution is 7.99. The van der Waals surface area contributed by atoms with Crippen LogP contribution in [0.5, 0.6) is 0 Å². The van der Waals surface area contributed by atoms with E-state index in [1.54, 1.807) is 36.2 Å². The van der Waals surface area contributed by atoms with Crippen LogP contribution in [0, 0.1) is 26.6 Å². The van der Waals surface area contributed by atoms with Crippen molar-refractivity contribution in [2.45, 2.75) is 26.5 Å². The van der Waals surface area contributed by atoms with Crippen molar-refractivity contribution in [3.05, 3.63) is 88.5 Å². The van der Waals surface area contributed by atoms with Gasteiger partial charge in [-0.1, -0.05) is 42.0 Å². The fourth-order valence-electron chi connectivity index (χ4n) is 3.07. The first kappa shape index (κ1) is 20.9. The Morgan fingerprint density at radius 2 is 1.86 bits per heavy atom. The highest BCUT2D eigenvalue weighted by Crippen LogP contribution is 2.21. The Hall–Kier alpha value is -2.86. The maximum absolute atomic E-state index is 14.1. The van der Waals surface area contributed by atoms with Crippen LogP contribution >= 0.6 is 11.8 Å². The SMILES string of the molecule is Cc1ccc(CSCC(=O)N/N=C/c2cc(C)n(-c3ccccc3F)c2C)cc1. The zero-order valence-electron chi connectivity index (χ0n) is 16.8. The molecule has 0 aliphatic carbocycles. The van der Waals surface area contributed by atoms with Crippen molar-refractivity contribution >= 4 is 23.9 Å². The Bertz CT molecular complexity index is 1030. The van der Waals surface area contributed by atoms with Crippen LogP contribution in [0.25, 0.3) is 5.69 Å². The van der Waals surface area contributed by atoms with E-state index >= 15 is 0 Å². The second-order valence-electron chi connectivity index (χ2n) is 6.88. The smallest absolute Gasteiger partial charge is 0.250 e. The van der Waals surface area contributed by atoms with Crippen molar-refractivity contribution in [1.29, 1.82) is 0 Å². The summed E-state index contributed by atoms with van der Waals surface area (Å²) in [5.41, 5.74) is 8.06. The largest absolute Gasteiger partial charge is 0.315 e. The lowest BCUT2D eigenvalue weighted by Gasteiger charge is -2.10. The van der Waals surface area contributed by atoms with Gasteiger partial charge in [0, 0.05) is 22.7 Å². The van der Waals surface area contributed by atoms with E-state index in [0.717, 1.165) is 22.7 Å². The standard InChI is InChI=1S/C23H24FN3OS/c1-16-8-10-19(11-9-16)14-29-15-23(28)26-25-13-20-12-17(2)27(18(20)3)22-7-5-4-6-21(22)24/h4-13H,14-15H2,1-3H3,(H,26,28)/b25-13+. The number of hydrazone groups is 1. The van der Waals surface area contributed by atoms with Crippen LogP contribution in [0.3, 0.4) is 0 Å². The number of aryl methyl sites for hydroxylation is 2. The normalized spacial score (nSPS) is 11.2. The molecule has 1 aromatic heterocycles. The number of carbonyl (C=O) groups excluding carboxylic acids is 1. The lowest BCUT2D eigenvalue weighted by molar-refractivity contribution is -0.118. The molecule has 3 rings (SSSR count). The molecule has 0 fully saturated rings. The van der Waals surface area contributed by atoms with Gasteiger partial charge in [0.2, 0.25) is 5.91 Å². The highest BCUT2D eigenvalue weighted by atomic mass is 32.2. The number of aromatic nitrogens is 1. The summed E-state index contributed by atoms with van der Waals surface area (Å²) in [5.74, 6) is 0.679. The molecule has 0 unspecified atom stereocenters. The topological polar surface area (TPSA) is 46.4 Å². The molecule has 0 saturated carbocycles. The molecule has 0 aliphatic rings. The van der Waals surface area contributed by atoms with Gasteiger partial charge in [-0.05, 0) is 44.5 Å². The third-order valence-electron chi connectivity index (χ3n) is 4.58. The number of carbonyl (C=O) groups is 1. The number of thioether (sulfide) groups is 1. The Labute approximate surface area is 174 Å². The minimum absolute atomic E-state index is 0.152. The summed E-state index contributed by atoms with van der Waals surface area (Å²) in [6.07, 6.45) is 1.60. The minimum Gasteiger partial charge on any atom is -0.315 e. The average molecular weight is 410 g/mol. The lowest BCUT2D eigenvalue weighted by atomic mass is 10.2. The summed E-state index contributed by atoms with van der Waals surface area (Å²) in [6.45, 7) is 5.87. The third kappa shape index (κ3) is 5.35. The van der Waals surface area contributed by atoms with E-state index in [9.17, 15) is 9.18 Å².